The third-order valence-corrected chi connectivity index (χ3v) is 9.97. The van der Waals surface area contributed by atoms with Crippen LogP contribution in [0.5, 0.6) is 0 Å². The van der Waals surface area contributed by atoms with Gasteiger partial charge in [-0.1, -0.05) is 149 Å². The molecule has 0 aliphatic heterocycles. The number of unbranched alkanes of at least 4 members (excludes halogenated alkanes) is 21. The minimum Gasteiger partial charge on any atom is -0.463 e. The number of esters is 1. The third kappa shape index (κ3) is 55.1. The van der Waals surface area contributed by atoms with Gasteiger partial charge in [0, 0.05) is 13.0 Å². The normalized spacial score (nSPS) is 11.6. The summed E-state index contributed by atoms with van der Waals surface area (Å²) in [6.07, 6.45) is 31.0. The predicted octanol–water partition coefficient (Wildman–Crippen LogP) is 10.1. The summed E-state index contributed by atoms with van der Waals surface area (Å²) < 4.78 is 60.6. The highest BCUT2D eigenvalue weighted by Gasteiger charge is 2.03. The molecule has 0 N–H and O–H groups in total. The highest BCUT2D eigenvalue weighted by Crippen LogP contribution is 2.14. The number of hydrogen-bond acceptors (Lipinski definition) is 12. The Bertz CT molecular complexity index is 778. The Morgan fingerprint density at radius 3 is 0.700 bits per heavy atom. The van der Waals surface area contributed by atoms with Gasteiger partial charge in [0.1, 0.15) is 6.61 Å². The highest BCUT2D eigenvalue weighted by atomic mass is 16.6. The first-order chi connectivity index (χ1) is 29.8. The van der Waals surface area contributed by atoms with E-state index in [-0.39, 0.29) is 12.6 Å². The van der Waals surface area contributed by atoms with Gasteiger partial charge in [0.15, 0.2) is 0 Å². The van der Waals surface area contributed by atoms with Crippen LogP contribution in [-0.4, -0.2) is 145 Å². The Kier molecular flexibility index (Phi) is 55.2. The van der Waals surface area contributed by atoms with E-state index < -0.39 is 0 Å². The van der Waals surface area contributed by atoms with E-state index >= 15 is 0 Å². The van der Waals surface area contributed by atoms with Crippen molar-refractivity contribution in [3.8, 4) is 0 Å². The monoisotopic (exact) mass is 865 g/mol. The highest BCUT2D eigenvalue weighted by molar-refractivity contribution is 5.69. The number of rotatable bonds is 55. The first-order valence-corrected chi connectivity index (χ1v) is 24.7. The van der Waals surface area contributed by atoms with Gasteiger partial charge < -0.3 is 52.1 Å². The molecule has 0 amide bonds. The number of carbonyl (C=O) groups is 1. The lowest BCUT2D eigenvalue weighted by Crippen LogP contribution is -2.15. The zero-order valence-corrected chi connectivity index (χ0v) is 39.2. The average Bonchev–Trinajstić information content (AvgIpc) is 3.25. The number of carbonyl (C=O) groups excluding carboxylic acids is 1. The van der Waals surface area contributed by atoms with Crippen molar-refractivity contribution in [1.82, 2.24) is 0 Å². The molecule has 0 bridgehead atoms. The molecule has 0 radical (unpaired) electrons. The Balaban J connectivity index is 3.09. The standard InChI is InChI=1S/C48H96O12/c1-3-5-7-9-11-12-13-14-15-16-17-18-19-21-23-25-27-50-28-29-51-30-31-52-32-33-53-34-35-54-36-37-55-38-39-56-40-41-57-42-43-58-44-45-59-46-47-60-48(49)26-24-22-20-10-8-6-4-2/h3-47H2,1-2H3. The molecule has 360 valence electrons. The first kappa shape index (κ1) is 59.1. The van der Waals surface area contributed by atoms with Gasteiger partial charge in [-0.25, -0.2) is 0 Å². The van der Waals surface area contributed by atoms with Gasteiger partial charge in [0.2, 0.25) is 0 Å². The maximum atomic E-state index is 11.7. The molecule has 0 unspecified atom stereocenters. The summed E-state index contributed by atoms with van der Waals surface area (Å²) in [5.74, 6) is -0.137. The molecule has 0 atom stereocenters. The Morgan fingerprint density at radius 2 is 0.433 bits per heavy atom. The van der Waals surface area contributed by atoms with Crippen LogP contribution in [0.25, 0.3) is 0 Å². The van der Waals surface area contributed by atoms with Gasteiger partial charge in [-0.15, -0.1) is 0 Å². The summed E-state index contributed by atoms with van der Waals surface area (Å²) in [4.78, 5) is 11.7. The fourth-order valence-electron chi connectivity index (χ4n) is 6.35. The fraction of sp³-hybridized carbons (Fsp3) is 0.979. The van der Waals surface area contributed by atoms with Crippen LogP contribution in [-0.2, 0) is 56.9 Å². The van der Waals surface area contributed by atoms with Gasteiger partial charge >= 0.3 is 5.97 Å². The molecule has 0 rings (SSSR count). The molecule has 0 heterocycles. The Labute approximate surface area is 368 Å². The van der Waals surface area contributed by atoms with Crippen molar-refractivity contribution < 1.29 is 56.9 Å². The zero-order valence-electron chi connectivity index (χ0n) is 39.2. The average molecular weight is 865 g/mol. The lowest BCUT2D eigenvalue weighted by molar-refractivity contribution is -0.145. The van der Waals surface area contributed by atoms with Crippen LogP contribution >= 0.6 is 0 Å². The van der Waals surface area contributed by atoms with E-state index in [4.69, 9.17) is 52.1 Å². The molecule has 12 nitrogen and oxygen atoms in total. The lowest BCUT2D eigenvalue weighted by atomic mass is 10.0. The lowest BCUT2D eigenvalue weighted by Gasteiger charge is -2.09. The predicted molar refractivity (Wildman–Crippen MR) is 241 cm³/mol. The molecule has 0 spiro atoms. The van der Waals surface area contributed by atoms with E-state index in [2.05, 4.69) is 13.8 Å². The molecule has 0 aromatic heterocycles. The van der Waals surface area contributed by atoms with Crippen molar-refractivity contribution in [3.63, 3.8) is 0 Å². The minimum absolute atomic E-state index is 0.137. The second-order valence-electron chi connectivity index (χ2n) is 15.5. The molecular formula is C48H96O12. The molecule has 0 saturated carbocycles. The number of ether oxygens (including phenoxy) is 11. The van der Waals surface area contributed by atoms with E-state index in [0.29, 0.717) is 132 Å². The van der Waals surface area contributed by atoms with Gasteiger partial charge in [0.25, 0.3) is 0 Å². The Morgan fingerprint density at radius 1 is 0.233 bits per heavy atom. The topological polar surface area (TPSA) is 119 Å². The zero-order chi connectivity index (χ0) is 43.2. The maximum Gasteiger partial charge on any atom is 0.305 e. The molecule has 0 aromatic carbocycles. The smallest absolute Gasteiger partial charge is 0.305 e. The molecule has 0 aromatic rings. The van der Waals surface area contributed by atoms with Crippen molar-refractivity contribution in [2.24, 2.45) is 0 Å². The summed E-state index contributed by atoms with van der Waals surface area (Å²) in [5, 5.41) is 0. The van der Waals surface area contributed by atoms with Crippen molar-refractivity contribution in [2.75, 3.05) is 139 Å². The molecule has 0 fully saturated rings. The van der Waals surface area contributed by atoms with Gasteiger partial charge in [-0.2, -0.15) is 0 Å². The largest absolute Gasteiger partial charge is 0.463 e. The molecular weight excluding hydrogens is 769 g/mol. The van der Waals surface area contributed by atoms with Crippen LogP contribution < -0.4 is 0 Å². The summed E-state index contributed by atoms with van der Waals surface area (Å²) in [6.45, 7) is 15.5. The summed E-state index contributed by atoms with van der Waals surface area (Å²) in [5.41, 5.74) is 0. The van der Waals surface area contributed by atoms with E-state index in [1.165, 1.54) is 128 Å². The van der Waals surface area contributed by atoms with Crippen LogP contribution in [0, 0.1) is 0 Å². The number of hydrogen-bond donors (Lipinski definition) is 0. The summed E-state index contributed by atoms with van der Waals surface area (Å²) in [6, 6.07) is 0. The molecule has 0 aliphatic rings. The van der Waals surface area contributed by atoms with Gasteiger partial charge in [-0.05, 0) is 12.8 Å². The summed E-state index contributed by atoms with van der Waals surface area (Å²) >= 11 is 0. The van der Waals surface area contributed by atoms with E-state index in [0.717, 1.165) is 25.9 Å². The molecule has 60 heavy (non-hydrogen) atoms. The van der Waals surface area contributed by atoms with Crippen LogP contribution in [0.1, 0.15) is 168 Å². The summed E-state index contributed by atoms with van der Waals surface area (Å²) in [7, 11) is 0. The van der Waals surface area contributed by atoms with E-state index in [9.17, 15) is 4.79 Å². The minimum atomic E-state index is -0.137. The van der Waals surface area contributed by atoms with Crippen LogP contribution in [0.3, 0.4) is 0 Å². The molecule has 0 aliphatic carbocycles. The van der Waals surface area contributed by atoms with Crippen molar-refractivity contribution in [2.45, 2.75) is 168 Å². The Hall–Kier alpha value is -0.930. The molecule has 12 heteroatoms. The van der Waals surface area contributed by atoms with Crippen LogP contribution in [0.15, 0.2) is 0 Å². The van der Waals surface area contributed by atoms with Gasteiger partial charge in [-0.3, -0.25) is 4.79 Å². The second-order valence-corrected chi connectivity index (χ2v) is 15.5. The van der Waals surface area contributed by atoms with Gasteiger partial charge in [0.05, 0.1) is 126 Å². The van der Waals surface area contributed by atoms with Crippen molar-refractivity contribution in [3.05, 3.63) is 0 Å². The maximum absolute atomic E-state index is 11.7. The van der Waals surface area contributed by atoms with Crippen LogP contribution in [0.4, 0.5) is 0 Å². The van der Waals surface area contributed by atoms with Crippen molar-refractivity contribution in [1.29, 1.82) is 0 Å². The SMILES string of the molecule is CCCCCCCCCCCCCCCCCCOCCOCCOCCOCCOCCOCCOCCOCCOCCOCCOC(=O)CCCCCCCCC. The quantitative estimate of drug-likeness (QED) is 0.0428. The van der Waals surface area contributed by atoms with E-state index in [1.54, 1.807) is 0 Å². The first-order valence-electron chi connectivity index (χ1n) is 24.7. The molecule has 0 saturated heterocycles. The van der Waals surface area contributed by atoms with Crippen LogP contribution in [0.2, 0.25) is 0 Å². The van der Waals surface area contributed by atoms with Crippen molar-refractivity contribution >= 4 is 5.97 Å². The third-order valence-electron chi connectivity index (χ3n) is 9.97. The van der Waals surface area contributed by atoms with E-state index in [1.807, 2.05) is 0 Å². The second kappa shape index (κ2) is 56.1. The fourth-order valence-corrected chi connectivity index (χ4v) is 6.35.